The number of alkyl halides is 1. The predicted molar refractivity (Wildman–Crippen MR) is 72.8 cm³/mol. The van der Waals surface area contributed by atoms with Crippen molar-refractivity contribution in [2.75, 3.05) is 6.61 Å². The van der Waals surface area contributed by atoms with Crippen molar-refractivity contribution in [1.29, 1.82) is 0 Å². The molecule has 0 aromatic carbocycles. The van der Waals surface area contributed by atoms with Gasteiger partial charge in [-0.25, -0.2) is 4.98 Å². The summed E-state index contributed by atoms with van der Waals surface area (Å²) in [5, 5.41) is 3.18. The summed E-state index contributed by atoms with van der Waals surface area (Å²) in [6.45, 7) is 0.805. The van der Waals surface area contributed by atoms with Crippen LogP contribution in [0.4, 0.5) is 0 Å². The SMILES string of the molecule is ClCc1csc(CCOC2CCCCCC2)n1. The molecule has 0 aliphatic heterocycles. The smallest absolute Gasteiger partial charge is 0.0951 e. The van der Waals surface area contributed by atoms with Gasteiger partial charge in [0, 0.05) is 11.8 Å². The van der Waals surface area contributed by atoms with Crippen LogP contribution >= 0.6 is 22.9 Å². The molecule has 0 unspecified atom stereocenters. The molecule has 2 rings (SSSR count). The van der Waals surface area contributed by atoms with E-state index in [1.165, 1.54) is 38.5 Å². The average molecular weight is 274 g/mol. The Hall–Kier alpha value is -0.120. The van der Waals surface area contributed by atoms with Crippen molar-refractivity contribution in [2.45, 2.75) is 56.9 Å². The summed E-state index contributed by atoms with van der Waals surface area (Å²) in [6, 6.07) is 0. The molecule has 1 aromatic heterocycles. The van der Waals surface area contributed by atoms with E-state index in [-0.39, 0.29) is 0 Å². The zero-order chi connectivity index (χ0) is 11.9. The van der Waals surface area contributed by atoms with Crippen molar-refractivity contribution in [3.63, 3.8) is 0 Å². The molecular formula is C13H20ClNOS. The van der Waals surface area contributed by atoms with Gasteiger partial charge >= 0.3 is 0 Å². The molecular weight excluding hydrogens is 254 g/mol. The first-order valence-corrected chi connectivity index (χ1v) is 7.91. The van der Waals surface area contributed by atoms with Gasteiger partial charge in [-0.05, 0) is 12.8 Å². The second-order valence-corrected chi connectivity index (χ2v) is 5.81. The molecule has 2 nitrogen and oxygen atoms in total. The Morgan fingerprint density at radius 2 is 2.06 bits per heavy atom. The van der Waals surface area contributed by atoms with Gasteiger partial charge < -0.3 is 4.74 Å². The maximum atomic E-state index is 5.94. The number of nitrogens with zero attached hydrogens (tertiary/aromatic N) is 1. The van der Waals surface area contributed by atoms with Gasteiger partial charge in [0.1, 0.15) is 0 Å². The maximum absolute atomic E-state index is 5.94. The molecule has 17 heavy (non-hydrogen) atoms. The van der Waals surface area contributed by atoms with Crippen LogP contribution in [0.25, 0.3) is 0 Å². The van der Waals surface area contributed by atoms with Crippen LogP contribution in [0, 0.1) is 0 Å². The number of thiazole rings is 1. The minimum atomic E-state index is 0.491. The van der Waals surface area contributed by atoms with Crippen LogP contribution in [-0.2, 0) is 17.0 Å². The van der Waals surface area contributed by atoms with Gasteiger partial charge in [0.05, 0.1) is 29.3 Å². The summed E-state index contributed by atoms with van der Waals surface area (Å²) in [5.74, 6) is 0.514. The Kier molecular flexibility index (Phi) is 5.75. The average Bonchev–Trinajstić information content (AvgIpc) is 2.65. The van der Waals surface area contributed by atoms with Crippen molar-refractivity contribution in [1.82, 2.24) is 4.98 Å². The van der Waals surface area contributed by atoms with Crippen molar-refractivity contribution in [3.8, 4) is 0 Å². The standard InChI is InChI=1S/C13H20ClNOS/c14-9-11-10-17-13(15-11)7-8-16-12-5-3-1-2-4-6-12/h10,12H,1-9H2. The third-order valence-electron chi connectivity index (χ3n) is 3.21. The predicted octanol–water partition coefficient (Wildman–Crippen LogP) is 4.16. The number of aromatic nitrogens is 1. The molecule has 96 valence electrons. The summed E-state index contributed by atoms with van der Waals surface area (Å²) >= 11 is 7.42. The van der Waals surface area contributed by atoms with Gasteiger partial charge in [-0.15, -0.1) is 22.9 Å². The Morgan fingerprint density at radius 3 is 2.71 bits per heavy atom. The van der Waals surface area contributed by atoms with E-state index in [1.807, 2.05) is 5.38 Å². The lowest BCUT2D eigenvalue weighted by Crippen LogP contribution is -2.13. The molecule has 1 fully saturated rings. The van der Waals surface area contributed by atoms with Crippen LogP contribution in [-0.4, -0.2) is 17.7 Å². The summed E-state index contributed by atoms with van der Waals surface area (Å²) in [7, 11) is 0. The molecule has 1 saturated carbocycles. The molecule has 0 bridgehead atoms. The fourth-order valence-electron chi connectivity index (χ4n) is 2.25. The summed E-state index contributed by atoms with van der Waals surface area (Å²) in [6.07, 6.45) is 9.33. The molecule has 0 N–H and O–H groups in total. The van der Waals surface area contributed by atoms with Crippen LogP contribution in [0.1, 0.15) is 49.2 Å². The van der Waals surface area contributed by atoms with Crippen LogP contribution < -0.4 is 0 Å². The Labute approximate surface area is 112 Å². The highest BCUT2D eigenvalue weighted by Crippen LogP contribution is 2.20. The third-order valence-corrected chi connectivity index (χ3v) is 4.44. The monoisotopic (exact) mass is 273 g/mol. The van der Waals surface area contributed by atoms with Gasteiger partial charge in [0.15, 0.2) is 0 Å². The number of hydrogen-bond donors (Lipinski definition) is 0. The van der Waals surface area contributed by atoms with Gasteiger partial charge in [-0.2, -0.15) is 0 Å². The van der Waals surface area contributed by atoms with Gasteiger partial charge in [0.2, 0.25) is 0 Å². The highest BCUT2D eigenvalue weighted by atomic mass is 35.5. The van der Waals surface area contributed by atoms with Crippen LogP contribution in [0.15, 0.2) is 5.38 Å². The normalized spacial score (nSPS) is 18.2. The largest absolute Gasteiger partial charge is 0.378 e. The molecule has 0 amide bonds. The molecule has 1 aliphatic rings. The van der Waals surface area contributed by atoms with E-state index in [0.29, 0.717) is 12.0 Å². The first-order valence-electron chi connectivity index (χ1n) is 6.49. The first-order chi connectivity index (χ1) is 8.38. The Morgan fingerprint density at radius 1 is 1.29 bits per heavy atom. The topological polar surface area (TPSA) is 22.1 Å². The molecule has 0 radical (unpaired) electrons. The molecule has 4 heteroatoms. The zero-order valence-corrected chi connectivity index (χ0v) is 11.7. The lowest BCUT2D eigenvalue weighted by Gasteiger charge is -2.14. The summed E-state index contributed by atoms with van der Waals surface area (Å²) < 4.78 is 5.94. The van der Waals surface area contributed by atoms with Crippen molar-refractivity contribution >= 4 is 22.9 Å². The van der Waals surface area contributed by atoms with Gasteiger partial charge in [-0.1, -0.05) is 25.7 Å². The Balaban J connectivity index is 1.67. The minimum Gasteiger partial charge on any atom is -0.378 e. The van der Waals surface area contributed by atoms with Crippen LogP contribution in [0.3, 0.4) is 0 Å². The van der Waals surface area contributed by atoms with Crippen LogP contribution in [0.5, 0.6) is 0 Å². The van der Waals surface area contributed by atoms with Crippen molar-refractivity contribution < 1.29 is 4.74 Å². The number of ether oxygens (including phenoxy) is 1. The highest BCUT2D eigenvalue weighted by molar-refractivity contribution is 7.09. The first kappa shape index (κ1) is 13.3. The maximum Gasteiger partial charge on any atom is 0.0951 e. The number of hydrogen-bond acceptors (Lipinski definition) is 3. The van der Waals surface area contributed by atoms with E-state index in [1.54, 1.807) is 11.3 Å². The van der Waals surface area contributed by atoms with E-state index in [4.69, 9.17) is 16.3 Å². The molecule has 1 aliphatic carbocycles. The quantitative estimate of drug-likeness (QED) is 0.594. The lowest BCUT2D eigenvalue weighted by atomic mass is 10.1. The molecule has 1 aromatic rings. The second kappa shape index (κ2) is 7.34. The minimum absolute atomic E-state index is 0.491. The lowest BCUT2D eigenvalue weighted by molar-refractivity contribution is 0.0453. The summed E-state index contributed by atoms with van der Waals surface area (Å²) in [5.41, 5.74) is 0.987. The molecule has 0 saturated heterocycles. The summed E-state index contributed by atoms with van der Waals surface area (Å²) in [4.78, 5) is 4.44. The third kappa shape index (κ3) is 4.57. The second-order valence-electron chi connectivity index (χ2n) is 4.60. The fourth-order valence-corrected chi connectivity index (χ4v) is 3.25. The zero-order valence-electron chi connectivity index (χ0n) is 10.2. The molecule has 0 spiro atoms. The van der Waals surface area contributed by atoms with Crippen molar-refractivity contribution in [3.05, 3.63) is 16.1 Å². The van der Waals surface area contributed by atoms with E-state index in [2.05, 4.69) is 4.98 Å². The highest BCUT2D eigenvalue weighted by Gasteiger charge is 2.12. The fraction of sp³-hybridized carbons (Fsp3) is 0.769. The number of halogens is 1. The van der Waals surface area contributed by atoms with Crippen molar-refractivity contribution in [2.24, 2.45) is 0 Å². The van der Waals surface area contributed by atoms with E-state index < -0.39 is 0 Å². The van der Waals surface area contributed by atoms with Gasteiger partial charge in [0.25, 0.3) is 0 Å². The number of rotatable bonds is 5. The molecule has 0 atom stereocenters. The van der Waals surface area contributed by atoms with E-state index in [0.717, 1.165) is 23.7 Å². The van der Waals surface area contributed by atoms with E-state index >= 15 is 0 Å². The van der Waals surface area contributed by atoms with Crippen LogP contribution in [0.2, 0.25) is 0 Å². The van der Waals surface area contributed by atoms with E-state index in [9.17, 15) is 0 Å². The Bertz CT molecular complexity index is 321. The van der Waals surface area contributed by atoms with Gasteiger partial charge in [-0.3, -0.25) is 0 Å². The molecule has 1 heterocycles.